The second-order valence-corrected chi connectivity index (χ2v) is 3.14. The van der Waals surface area contributed by atoms with Crippen molar-refractivity contribution in [3.63, 3.8) is 0 Å². The van der Waals surface area contributed by atoms with Gasteiger partial charge in [0.2, 0.25) is 0 Å². The van der Waals surface area contributed by atoms with E-state index in [0.717, 1.165) is 6.42 Å². The molecule has 0 fully saturated rings. The second-order valence-electron chi connectivity index (χ2n) is 2.04. The topological polar surface area (TPSA) is 35.5 Å². The van der Waals surface area contributed by atoms with E-state index in [2.05, 4.69) is 15.9 Å². The van der Waals surface area contributed by atoms with Gasteiger partial charge in [-0.2, -0.15) is 0 Å². The van der Waals surface area contributed by atoms with Crippen LogP contribution in [-0.2, 0) is 14.3 Å². The molecule has 66 valence electrons. The van der Waals surface area contributed by atoms with Gasteiger partial charge in [-0.3, -0.25) is 4.79 Å². The lowest BCUT2D eigenvalue weighted by molar-refractivity contribution is -0.144. The van der Waals surface area contributed by atoms with Crippen molar-refractivity contribution in [1.29, 1.82) is 0 Å². The van der Waals surface area contributed by atoms with Gasteiger partial charge in [0.05, 0.1) is 6.61 Å². The van der Waals surface area contributed by atoms with E-state index in [0.29, 0.717) is 13.2 Å². The van der Waals surface area contributed by atoms with Crippen molar-refractivity contribution >= 4 is 21.9 Å². The summed E-state index contributed by atoms with van der Waals surface area (Å²) in [4.78, 5) is 10.7. The summed E-state index contributed by atoms with van der Waals surface area (Å²) in [5.41, 5.74) is 0. The van der Waals surface area contributed by atoms with Crippen LogP contribution in [0.1, 0.15) is 13.3 Å². The lowest BCUT2D eigenvalue weighted by Gasteiger charge is -2.06. The van der Waals surface area contributed by atoms with Crippen molar-refractivity contribution < 1.29 is 14.3 Å². The van der Waals surface area contributed by atoms with Crippen LogP contribution in [0.5, 0.6) is 0 Å². The van der Waals surface area contributed by atoms with Crippen molar-refractivity contribution in [2.45, 2.75) is 18.2 Å². The Labute approximate surface area is 75.2 Å². The van der Waals surface area contributed by atoms with Crippen molar-refractivity contribution in [3.05, 3.63) is 0 Å². The molecule has 3 nitrogen and oxygen atoms in total. The number of hydrogen-bond acceptors (Lipinski definition) is 3. The van der Waals surface area contributed by atoms with Crippen LogP contribution in [0.3, 0.4) is 0 Å². The third kappa shape index (κ3) is 5.21. The highest BCUT2D eigenvalue weighted by atomic mass is 79.9. The Kier molecular flexibility index (Phi) is 6.56. The lowest BCUT2D eigenvalue weighted by Crippen LogP contribution is -2.18. The Morgan fingerprint density at radius 3 is 2.64 bits per heavy atom. The van der Waals surface area contributed by atoms with E-state index in [9.17, 15) is 4.79 Å². The molecule has 0 heterocycles. The molecular formula is C7H13BrO3. The number of methoxy groups -OCH3 is 1. The summed E-state index contributed by atoms with van der Waals surface area (Å²) in [6.45, 7) is 2.70. The highest BCUT2D eigenvalue weighted by Crippen LogP contribution is 2.05. The summed E-state index contributed by atoms with van der Waals surface area (Å²) >= 11 is 3.18. The molecule has 0 saturated heterocycles. The van der Waals surface area contributed by atoms with Gasteiger partial charge in [-0.1, -0.05) is 22.9 Å². The molecule has 4 heteroatoms. The average molecular weight is 225 g/mol. The summed E-state index contributed by atoms with van der Waals surface area (Å²) in [6, 6.07) is 0. The Morgan fingerprint density at radius 2 is 2.18 bits per heavy atom. The molecule has 11 heavy (non-hydrogen) atoms. The van der Waals surface area contributed by atoms with Gasteiger partial charge in [-0.15, -0.1) is 0 Å². The van der Waals surface area contributed by atoms with Crippen LogP contribution >= 0.6 is 15.9 Å². The summed E-state index contributed by atoms with van der Waals surface area (Å²) in [7, 11) is 1.57. The van der Waals surface area contributed by atoms with E-state index in [1.54, 1.807) is 7.11 Å². The van der Waals surface area contributed by atoms with Crippen molar-refractivity contribution in [3.8, 4) is 0 Å². The van der Waals surface area contributed by atoms with Crippen molar-refractivity contribution in [1.82, 2.24) is 0 Å². The maximum absolute atomic E-state index is 10.9. The highest BCUT2D eigenvalue weighted by molar-refractivity contribution is 9.10. The molecule has 0 aromatic carbocycles. The minimum Gasteiger partial charge on any atom is -0.462 e. The standard InChI is InChI=1S/C7H13BrO3/c1-3-6(8)7(9)11-5-4-10-2/h6H,3-5H2,1-2H3. The number of ether oxygens (including phenoxy) is 2. The van der Waals surface area contributed by atoms with Gasteiger partial charge >= 0.3 is 5.97 Å². The van der Waals surface area contributed by atoms with E-state index in [4.69, 9.17) is 9.47 Å². The van der Waals surface area contributed by atoms with Crippen LogP contribution in [0, 0.1) is 0 Å². The molecule has 0 N–H and O–H groups in total. The first-order chi connectivity index (χ1) is 5.22. The zero-order chi connectivity index (χ0) is 8.69. The third-order valence-electron chi connectivity index (χ3n) is 1.15. The van der Waals surface area contributed by atoms with Crippen LogP contribution < -0.4 is 0 Å². The highest BCUT2D eigenvalue weighted by Gasteiger charge is 2.12. The Balaban J connectivity index is 3.36. The summed E-state index contributed by atoms with van der Waals surface area (Å²) in [5, 5.41) is 0. The molecular weight excluding hydrogens is 212 g/mol. The molecule has 1 unspecified atom stereocenters. The first kappa shape index (κ1) is 10.9. The largest absolute Gasteiger partial charge is 0.462 e. The Bertz CT molecular complexity index is 116. The maximum Gasteiger partial charge on any atom is 0.319 e. The molecule has 0 bridgehead atoms. The van der Waals surface area contributed by atoms with E-state index in [1.165, 1.54) is 0 Å². The average Bonchev–Trinajstić information content (AvgIpc) is 2.03. The number of alkyl halides is 1. The van der Waals surface area contributed by atoms with E-state index < -0.39 is 0 Å². The van der Waals surface area contributed by atoms with Gasteiger partial charge < -0.3 is 9.47 Å². The molecule has 0 spiro atoms. The number of halogens is 1. The van der Waals surface area contributed by atoms with Gasteiger partial charge in [0.15, 0.2) is 0 Å². The molecule has 0 aliphatic carbocycles. The van der Waals surface area contributed by atoms with E-state index in [1.807, 2.05) is 6.92 Å². The third-order valence-corrected chi connectivity index (χ3v) is 2.17. The molecule has 0 amide bonds. The molecule has 0 aromatic rings. The molecule has 1 atom stereocenters. The van der Waals surface area contributed by atoms with Crippen LogP contribution in [0.2, 0.25) is 0 Å². The van der Waals surface area contributed by atoms with Gasteiger partial charge in [0.1, 0.15) is 11.4 Å². The molecule has 0 aromatic heterocycles. The molecule has 0 aliphatic heterocycles. The smallest absolute Gasteiger partial charge is 0.319 e. The van der Waals surface area contributed by atoms with Gasteiger partial charge in [-0.05, 0) is 6.42 Å². The van der Waals surface area contributed by atoms with Gasteiger partial charge in [0, 0.05) is 7.11 Å². The van der Waals surface area contributed by atoms with Crippen LogP contribution in [-0.4, -0.2) is 31.1 Å². The van der Waals surface area contributed by atoms with Crippen LogP contribution in [0.25, 0.3) is 0 Å². The zero-order valence-corrected chi connectivity index (χ0v) is 8.39. The first-order valence-corrected chi connectivity index (χ1v) is 4.43. The Hall–Kier alpha value is -0.0900. The van der Waals surface area contributed by atoms with Crippen molar-refractivity contribution in [2.75, 3.05) is 20.3 Å². The second kappa shape index (κ2) is 6.61. The van der Waals surface area contributed by atoms with Gasteiger partial charge in [0.25, 0.3) is 0 Å². The predicted octanol–water partition coefficient (Wildman–Crippen LogP) is 1.35. The SMILES string of the molecule is CCC(Br)C(=O)OCCOC. The lowest BCUT2D eigenvalue weighted by atomic mass is 10.3. The molecule has 0 rings (SSSR count). The zero-order valence-electron chi connectivity index (χ0n) is 6.80. The minimum absolute atomic E-state index is 0.181. The molecule has 0 radical (unpaired) electrons. The van der Waals surface area contributed by atoms with Gasteiger partial charge in [-0.25, -0.2) is 0 Å². The number of carbonyl (C=O) groups excluding carboxylic acids is 1. The maximum atomic E-state index is 10.9. The fraction of sp³-hybridized carbons (Fsp3) is 0.857. The number of carbonyl (C=O) groups is 1. The fourth-order valence-corrected chi connectivity index (χ4v) is 0.615. The van der Waals surface area contributed by atoms with Crippen LogP contribution in [0.15, 0.2) is 0 Å². The summed E-state index contributed by atoms with van der Waals surface area (Å²) in [5.74, 6) is -0.218. The number of esters is 1. The number of hydrogen-bond donors (Lipinski definition) is 0. The summed E-state index contributed by atoms with van der Waals surface area (Å²) in [6.07, 6.45) is 0.742. The summed E-state index contributed by atoms with van der Waals surface area (Å²) < 4.78 is 9.54. The van der Waals surface area contributed by atoms with E-state index in [-0.39, 0.29) is 10.8 Å². The number of rotatable bonds is 5. The quantitative estimate of drug-likeness (QED) is 0.402. The monoisotopic (exact) mass is 224 g/mol. The minimum atomic E-state index is -0.218. The fourth-order valence-electron chi connectivity index (χ4n) is 0.483. The normalized spacial score (nSPS) is 12.6. The molecule has 0 aliphatic rings. The predicted molar refractivity (Wildman–Crippen MR) is 45.8 cm³/mol. The molecule has 0 saturated carbocycles. The van der Waals surface area contributed by atoms with Crippen LogP contribution in [0.4, 0.5) is 0 Å². The van der Waals surface area contributed by atoms with E-state index >= 15 is 0 Å². The Morgan fingerprint density at radius 1 is 1.55 bits per heavy atom. The van der Waals surface area contributed by atoms with Crippen molar-refractivity contribution in [2.24, 2.45) is 0 Å². The first-order valence-electron chi connectivity index (χ1n) is 3.52.